The van der Waals surface area contributed by atoms with E-state index in [1.165, 1.54) is 6.07 Å². The lowest BCUT2D eigenvalue weighted by atomic mass is 9.96. The Hall–Kier alpha value is -1.73. The Morgan fingerprint density at radius 2 is 2.33 bits per heavy atom. The number of amides is 1. The molecular formula is C13H17ClN4O3. The average Bonchev–Trinajstić information content (AvgIpc) is 2.46. The van der Waals surface area contributed by atoms with E-state index in [4.69, 9.17) is 17.3 Å². The Morgan fingerprint density at radius 1 is 1.62 bits per heavy atom. The maximum absolute atomic E-state index is 12.7. The van der Waals surface area contributed by atoms with Gasteiger partial charge in [-0.3, -0.25) is 14.9 Å². The zero-order valence-corrected chi connectivity index (χ0v) is 12.4. The number of aromatic nitrogens is 1. The Kier molecular flexibility index (Phi) is 4.74. The van der Waals surface area contributed by atoms with Gasteiger partial charge in [0.25, 0.3) is 11.6 Å². The molecular weight excluding hydrogens is 296 g/mol. The second-order valence-electron chi connectivity index (χ2n) is 5.20. The van der Waals surface area contributed by atoms with Gasteiger partial charge in [-0.05, 0) is 32.3 Å². The van der Waals surface area contributed by atoms with Gasteiger partial charge in [0, 0.05) is 18.6 Å². The lowest BCUT2D eigenvalue weighted by Gasteiger charge is -2.38. The van der Waals surface area contributed by atoms with Crippen molar-refractivity contribution in [1.82, 2.24) is 9.88 Å². The fraction of sp³-hybridized carbons (Fsp3) is 0.538. The molecule has 2 unspecified atom stereocenters. The van der Waals surface area contributed by atoms with Gasteiger partial charge < -0.3 is 10.6 Å². The second kappa shape index (κ2) is 6.36. The van der Waals surface area contributed by atoms with Crippen LogP contribution in [0.1, 0.15) is 36.5 Å². The van der Waals surface area contributed by atoms with Gasteiger partial charge in [0.05, 0.1) is 4.92 Å². The van der Waals surface area contributed by atoms with Gasteiger partial charge in [-0.1, -0.05) is 11.6 Å². The molecule has 0 bridgehead atoms. The molecule has 0 radical (unpaired) electrons. The molecule has 0 aliphatic carbocycles. The summed E-state index contributed by atoms with van der Waals surface area (Å²) >= 11 is 5.77. The number of piperidine rings is 1. The third kappa shape index (κ3) is 3.30. The van der Waals surface area contributed by atoms with Crippen molar-refractivity contribution in [2.75, 3.05) is 6.54 Å². The summed E-state index contributed by atoms with van der Waals surface area (Å²) in [4.78, 5) is 28.4. The molecule has 2 rings (SSSR count). The topological polar surface area (TPSA) is 102 Å². The fourth-order valence-corrected chi connectivity index (χ4v) is 2.81. The third-order valence-corrected chi connectivity index (χ3v) is 3.90. The maximum atomic E-state index is 12.7. The number of carbonyl (C=O) groups is 1. The van der Waals surface area contributed by atoms with Gasteiger partial charge in [-0.15, -0.1) is 0 Å². The molecule has 1 fully saturated rings. The molecule has 1 saturated heterocycles. The minimum atomic E-state index is -0.624. The molecule has 0 spiro atoms. The van der Waals surface area contributed by atoms with E-state index in [0.29, 0.717) is 6.54 Å². The van der Waals surface area contributed by atoms with Crippen LogP contribution < -0.4 is 5.73 Å². The smallest absolute Gasteiger partial charge is 0.300 e. The summed E-state index contributed by atoms with van der Waals surface area (Å²) in [6.45, 7) is 2.38. The van der Waals surface area contributed by atoms with Crippen molar-refractivity contribution < 1.29 is 9.72 Å². The van der Waals surface area contributed by atoms with Crippen LogP contribution in [0.4, 0.5) is 5.69 Å². The van der Waals surface area contributed by atoms with Crippen molar-refractivity contribution >= 4 is 23.2 Å². The lowest BCUT2D eigenvalue weighted by molar-refractivity contribution is -0.385. The molecule has 0 saturated carbocycles. The van der Waals surface area contributed by atoms with E-state index in [1.54, 1.807) is 4.90 Å². The standard InChI is InChI=1S/C13H17ClN4O3/c1-8(15)10-4-2-3-5-17(10)13(19)9-6-12(14)16-7-11(9)18(20)21/h6-8,10H,2-5,15H2,1H3. The number of nitrogens with two attached hydrogens (primary N) is 1. The summed E-state index contributed by atoms with van der Waals surface area (Å²) in [5, 5.41) is 11.1. The van der Waals surface area contributed by atoms with E-state index in [2.05, 4.69) is 4.98 Å². The molecule has 0 aromatic carbocycles. The first-order valence-electron chi connectivity index (χ1n) is 6.78. The van der Waals surface area contributed by atoms with Gasteiger partial charge in [0.2, 0.25) is 0 Å². The number of likely N-dealkylation sites (tertiary alicyclic amines) is 1. The van der Waals surface area contributed by atoms with Gasteiger partial charge in [-0.2, -0.15) is 0 Å². The number of nitrogens with zero attached hydrogens (tertiary/aromatic N) is 3. The van der Waals surface area contributed by atoms with Crippen molar-refractivity contribution in [3.8, 4) is 0 Å². The molecule has 2 N–H and O–H groups in total. The Morgan fingerprint density at radius 3 is 2.95 bits per heavy atom. The van der Waals surface area contributed by atoms with E-state index in [-0.39, 0.29) is 28.5 Å². The van der Waals surface area contributed by atoms with Crippen LogP contribution in [0.5, 0.6) is 0 Å². The summed E-state index contributed by atoms with van der Waals surface area (Å²) in [6.07, 6.45) is 3.67. The van der Waals surface area contributed by atoms with Gasteiger partial charge in [0.1, 0.15) is 16.9 Å². The van der Waals surface area contributed by atoms with Crippen molar-refractivity contribution in [1.29, 1.82) is 0 Å². The van der Waals surface area contributed by atoms with Crippen LogP contribution in [-0.4, -0.2) is 39.3 Å². The molecule has 2 atom stereocenters. The first kappa shape index (κ1) is 15.7. The predicted molar refractivity (Wildman–Crippen MR) is 78.2 cm³/mol. The largest absolute Gasteiger partial charge is 0.334 e. The predicted octanol–water partition coefficient (Wildman–Crippen LogP) is 1.99. The highest BCUT2D eigenvalue weighted by atomic mass is 35.5. The summed E-state index contributed by atoms with van der Waals surface area (Å²) in [5.74, 6) is -0.409. The van der Waals surface area contributed by atoms with E-state index < -0.39 is 10.8 Å². The van der Waals surface area contributed by atoms with Crippen LogP contribution in [-0.2, 0) is 0 Å². The minimum Gasteiger partial charge on any atom is -0.334 e. The molecule has 21 heavy (non-hydrogen) atoms. The summed E-state index contributed by atoms with van der Waals surface area (Å²) in [7, 11) is 0. The number of carbonyl (C=O) groups excluding carboxylic acids is 1. The number of pyridine rings is 1. The van der Waals surface area contributed by atoms with E-state index in [9.17, 15) is 14.9 Å². The molecule has 7 nitrogen and oxygen atoms in total. The molecule has 1 aromatic rings. The quantitative estimate of drug-likeness (QED) is 0.522. The van der Waals surface area contributed by atoms with Crippen LogP contribution >= 0.6 is 11.6 Å². The SMILES string of the molecule is CC(N)C1CCCCN1C(=O)c1cc(Cl)ncc1[N+](=O)[O-]. The van der Waals surface area contributed by atoms with Crippen LogP contribution in [0.2, 0.25) is 5.15 Å². The first-order valence-corrected chi connectivity index (χ1v) is 7.16. The van der Waals surface area contributed by atoms with Gasteiger partial charge in [-0.25, -0.2) is 4.98 Å². The van der Waals surface area contributed by atoms with Crippen molar-refractivity contribution in [2.24, 2.45) is 5.73 Å². The van der Waals surface area contributed by atoms with Gasteiger partial charge >= 0.3 is 0 Å². The van der Waals surface area contributed by atoms with E-state index in [0.717, 1.165) is 25.5 Å². The summed E-state index contributed by atoms with van der Waals surface area (Å²) in [6, 6.07) is 0.943. The highest BCUT2D eigenvalue weighted by Crippen LogP contribution is 2.26. The third-order valence-electron chi connectivity index (χ3n) is 3.69. The van der Waals surface area contributed by atoms with Crippen LogP contribution in [0.15, 0.2) is 12.3 Å². The van der Waals surface area contributed by atoms with Crippen molar-refractivity contribution in [3.05, 3.63) is 33.1 Å². The number of nitro groups is 1. The minimum absolute atomic E-state index is 0.0347. The number of hydrogen-bond acceptors (Lipinski definition) is 5. The first-order chi connectivity index (χ1) is 9.91. The summed E-state index contributed by atoms with van der Waals surface area (Å²) in [5.41, 5.74) is 5.57. The highest BCUT2D eigenvalue weighted by Gasteiger charge is 2.33. The molecule has 1 amide bonds. The zero-order valence-electron chi connectivity index (χ0n) is 11.7. The zero-order chi connectivity index (χ0) is 15.6. The van der Waals surface area contributed by atoms with Crippen LogP contribution in [0.25, 0.3) is 0 Å². The number of hydrogen-bond donors (Lipinski definition) is 1. The molecule has 8 heteroatoms. The van der Waals surface area contributed by atoms with Gasteiger partial charge in [0.15, 0.2) is 0 Å². The van der Waals surface area contributed by atoms with Crippen molar-refractivity contribution in [3.63, 3.8) is 0 Å². The Labute approximate surface area is 127 Å². The second-order valence-corrected chi connectivity index (χ2v) is 5.59. The van der Waals surface area contributed by atoms with E-state index >= 15 is 0 Å². The normalized spacial score (nSPS) is 20.1. The average molecular weight is 313 g/mol. The number of halogens is 1. The monoisotopic (exact) mass is 312 g/mol. The molecule has 1 aromatic heterocycles. The van der Waals surface area contributed by atoms with Crippen molar-refractivity contribution in [2.45, 2.75) is 38.3 Å². The molecule has 1 aliphatic rings. The Balaban J connectivity index is 2.38. The lowest BCUT2D eigenvalue weighted by Crippen LogP contribution is -2.51. The Bertz CT molecular complexity index is 564. The molecule has 2 heterocycles. The maximum Gasteiger partial charge on any atom is 0.300 e. The molecule has 114 valence electrons. The molecule has 1 aliphatic heterocycles. The fourth-order valence-electron chi connectivity index (χ4n) is 2.65. The van der Waals surface area contributed by atoms with Crippen LogP contribution in [0, 0.1) is 10.1 Å². The summed E-state index contributed by atoms with van der Waals surface area (Å²) < 4.78 is 0. The van der Waals surface area contributed by atoms with E-state index in [1.807, 2.05) is 6.92 Å². The highest BCUT2D eigenvalue weighted by molar-refractivity contribution is 6.29. The number of rotatable bonds is 3. The van der Waals surface area contributed by atoms with Crippen LogP contribution in [0.3, 0.4) is 0 Å².